The van der Waals surface area contributed by atoms with Gasteiger partial charge in [-0.15, -0.1) is 0 Å². The summed E-state index contributed by atoms with van der Waals surface area (Å²) in [6.45, 7) is 4.13. The Hall–Kier alpha value is -3.11. The summed E-state index contributed by atoms with van der Waals surface area (Å²) in [7, 11) is 1.48. The smallest absolute Gasteiger partial charge is 0.343 e. The van der Waals surface area contributed by atoms with E-state index in [0.717, 1.165) is 28.5 Å². The van der Waals surface area contributed by atoms with E-state index in [1.54, 1.807) is 30.3 Å². The number of methoxy groups -OCH3 is 1. The number of imide groups is 1. The molecule has 0 saturated carbocycles. The molecule has 4 rings (SSSR count). The van der Waals surface area contributed by atoms with Gasteiger partial charge in [-0.05, 0) is 89.7 Å². The molecule has 1 aliphatic heterocycles. The first-order valence-corrected chi connectivity index (χ1v) is 12.6. The van der Waals surface area contributed by atoms with Gasteiger partial charge in [0.1, 0.15) is 0 Å². The molecule has 3 aromatic carbocycles. The molecule has 35 heavy (non-hydrogen) atoms. The van der Waals surface area contributed by atoms with Crippen LogP contribution in [0.5, 0.6) is 11.5 Å². The SMILES string of the molecule is COc1cc(/C=C2\SC(=O)N(Cc3cccc(C)c3)C2=O)cc(I)c1OC(=O)c1ccc(C)cc1. The third-order valence-corrected chi connectivity index (χ3v) is 7.04. The summed E-state index contributed by atoms with van der Waals surface area (Å²) in [4.78, 5) is 39.7. The van der Waals surface area contributed by atoms with E-state index in [1.807, 2.05) is 50.2 Å². The van der Waals surface area contributed by atoms with Gasteiger partial charge in [0, 0.05) is 0 Å². The van der Waals surface area contributed by atoms with E-state index in [2.05, 4.69) is 22.6 Å². The topological polar surface area (TPSA) is 72.9 Å². The van der Waals surface area contributed by atoms with Crippen molar-refractivity contribution in [1.29, 1.82) is 0 Å². The van der Waals surface area contributed by atoms with Crippen LogP contribution in [0.15, 0.2) is 65.6 Å². The number of aryl methyl sites for hydroxylation is 2. The molecule has 0 bridgehead atoms. The Morgan fingerprint density at radius 2 is 1.77 bits per heavy atom. The molecule has 0 spiro atoms. The zero-order valence-electron chi connectivity index (χ0n) is 19.3. The van der Waals surface area contributed by atoms with Crippen molar-refractivity contribution >= 4 is 57.5 Å². The highest BCUT2D eigenvalue weighted by Gasteiger charge is 2.35. The quantitative estimate of drug-likeness (QED) is 0.142. The second-order valence-electron chi connectivity index (χ2n) is 8.05. The van der Waals surface area contributed by atoms with Crippen LogP contribution in [0.1, 0.15) is 32.6 Å². The molecule has 0 atom stereocenters. The summed E-state index contributed by atoms with van der Waals surface area (Å²) in [6, 6.07) is 18.3. The number of carbonyl (C=O) groups is 3. The predicted octanol–water partition coefficient (Wildman–Crippen LogP) is 6.37. The van der Waals surface area contributed by atoms with Crippen LogP contribution in [0, 0.1) is 17.4 Å². The Labute approximate surface area is 221 Å². The fraction of sp³-hybridized carbons (Fsp3) is 0.148. The van der Waals surface area contributed by atoms with Crippen LogP contribution in [-0.4, -0.2) is 29.1 Å². The molecule has 8 heteroatoms. The fourth-order valence-corrected chi connectivity index (χ4v) is 5.12. The van der Waals surface area contributed by atoms with Crippen LogP contribution >= 0.6 is 34.4 Å². The second kappa shape index (κ2) is 10.7. The molecule has 0 unspecified atom stereocenters. The number of ether oxygens (including phenoxy) is 2. The average molecular weight is 599 g/mol. The van der Waals surface area contributed by atoms with Crippen LogP contribution in [0.2, 0.25) is 0 Å². The molecule has 1 fully saturated rings. The van der Waals surface area contributed by atoms with Gasteiger partial charge in [-0.1, -0.05) is 47.5 Å². The number of thioether (sulfide) groups is 1. The third-order valence-electron chi connectivity index (χ3n) is 5.33. The Morgan fingerprint density at radius 1 is 1.03 bits per heavy atom. The molecule has 1 aliphatic rings. The Bertz CT molecular complexity index is 1350. The van der Waals surface area contributed by atoms with Crippen LogP contribution in [-0.2, 0) is 11.3 Å². The number of esters is 1. The van der Waals surface area contributed by atoms with E-state index in [4.69, 9.17) is 9.47 Å². The predicted molar refractivity (Wildman–Crippen MR) is 145 cm³/mol. The van der Waals surface area contributed by atoms with Gasteiger partial charge in [-0.2, -0.15) is 0 Å². The lowest BCUT2D eigenvalue weighted by atomic mass is 10.1. The van der Waals surface area contributed by atoms with Crippen LogP contribution in [0.4, 0.5) is 4.79 Å². The number of benzene rings is 3. The van der Waals surface area contributed by atoms with E-state index in [-0.39, 0.29) is 17.7 Å². The lowest BCUT2D eigenvalue weighted by Crippen LogP contribution is -2.27. The highest BCUT2D eigenvalue weighted by atomic mass is 127. The lowest BCUT2D eigenvalue weighted by Gasteiger charge is -2.13. The van der Waals surface area contributed by atoms with Crippen LogP contribution in [0.3, 0.4) is 0 Å². The number of amides is 2. The monoisotopic (exact) mass is 599 g/mol. The maximum Gasteiger partial charge on any atom is 0.343 e. The van der Waals surface area contributed by atoms with E-state index < -0.39 is 5.97 Å². The second-order valence-corrected chi connectivity index (χ2v) is 10.2. The van der Waals surface area contributed by atoms with Crippen molar-refractivity contribution in [3.8, 4) is 11.5 Å². The van der Waals surface area contributed by atoms with Crippen LogP contribution < -0.4 is 9.47 Å². The summed E-state index contributed by atoms with van der Waals surface area (Å²) in [6.07, 6.45) is 1.65. The molecule has 3 aromatic rings. The minimum Gasteiger partial charge on any atom is -0.493 e. The zero-order chi connectivity index (χ0) is 25.1. The van der Waals surface area contributed by atoms with E-state index >= 15 is 0 Å². The Balaban J connectivity index is 1.56. The van der Waals surface area contributed by atoms with Crippen molar-refractivity contribution in [3.63, 3.8) is 0 Å². The molecule has 0 aliphatic carbocycles. The van der Waals surface area contributed by atoms with Gasteiger partial charge < -0.3 is 9.47 Å². The maximum atomic E-state index is 13.0. The van der Waals surface area contributed by atoms with Gasteiger partial charge in [-0.3, -0.25) is 14.5 Å². The summed E-state index contributed by atoms with van der Waals surface area (Å²) >= 11 is 2.96. The molecular weight excluding hydrogens is 577 g/mol. The lowest BCUT2D eigenvalue weighted by molar-refractivity contribution is -0.123. The minimum atomic E-state index is -0.494. The molecule has 0 radical (unpaired) electrons. The highest BCUT2D eigenvalue weighted by molar-refractivity contribution is 14.1. The molecule has 0 aromatic heterocycles. The maximum absolute atomic E-state index is 13.0. The molecular formula is C27H22INO5S. The molecule has 0 N–H and O–H groups in total. The number of hydrogen-bond donors (Lipinski definition) is 0. The number of hydrogen-bond acceptors (Lipinski definition) is 6. The first kappa shape index (κ1) is 25.0. The van der Waals surface area contributed by atoms with E-state index in [1.165, 1.54) is 12.0 Å². The van der Waals surface area contributed by atoms with Gasteiger partial charge in [0.15, 0.2) is 11.5 Å². The summed E-state index contributed by atoms with van der Waals surface area (Å²) in [5, 5.41) is -0.312. The molecule has 2 amide bonds. The summed E-state index contributed by atoms with van der Waals surface area (Å²) < 4.78 is 11.7. The normalized spacial score (nSPS) is 14.5. The van der Waals surface area contributed by atoms with E-state index in [9.17, 15) is 14.4 Å². The van der Waals surface area contributed by atoms with Crippen molar-refractivity contribution in [2.24, 2.45) is 0 Å². The first-order valence-electron chi connectivity index (χ1n) is 10.7. The summed E-state index contributed by atoms with van der Waals surface area (Å²) in [5.74, 6) is -0.192. The zero-order valence-corrected chi connectivity index (χ0v) is 22.3. The molecule has 6 nitrogen and oxygen atoms in total. The van der Waals surface area contributed by atoms with Crippen molar-refractivity contribution < 1.29 is 23.9 Å². The first-order chi connectivity index (χ1) is 16.7. The van der Waals surface area contributed by atoms with Gasteiger partial charge >= 0.3 is 5.97 Å². The number of nitrogens with zero attached hydrogens (tertiary/aromatic N) is 1. The largest absolute Gasteiger partial charge is 0.493 e. The Kier molecular flexibility index (Phi) is 7.61. The van der Waals surface area contributed by atoms with Gasteiger partial charge in [0.2, 0.25) is 0 Å². The van der Waals surface area contributed by atoms with Gasteiger partial charge in [0.05, 0.1) is 27.7 Å². The van der Waals surface area contributed by atoms with Crippen molar-refractivity contribution in [3.05, 3.63) is 97.0 Å². The fourth-order valence-electron chi connectivity index (χ4n) is 3.54. The number of halogens is 1. The van der Waals surface area contributed by atoms with E-state index in [0.29, 0.717) is 31.1 Å². The Morgan fingerprint density at radius 3 is 2.46 bits per heavy atom. The van der Waals surface area contributed by atoms with Gasteiger partial charge in [-0.25, -0.2) is 4.79 Å². The molecule has 178 valence electrons. The van der Waals surface area contributed by atoms with Gasteiger partial charge in [0.25, 0.3) is 11.1 Å². The summed E-state index contributed by atoms with van der Waals surface area (Å²) in [5.41, 5.74) is 4.09. The standard InChI is InChI=1S/C27H22INO5S/c1-16-7-9-20(10-8-16)26(31)34-24-21(28)12-19(13-22(24)33-3)14-23-25(30)29(27(32)35-23)15-18-6-4-5-17(2)11-18/h4-14H,15H2,1-3H3/b23-14-. The minimum absolute atomic E-state index is 0.221. The van der Waals surface area contributed by atoms with Crippen LogP contribution in [0.25, 0.3) is 6.08 Å². The number of rotatable bonds is 6. The van der Waals surface area contributed by atoms with Crippen molar-refractivity contribution in [2.75, 3.05) is 7.11 Å². The van der Waals surface area contributed by atoms with Crippen molar-refractivity contribution in [1.82, 2.24) is 4.90 Å². The highest BCUT2D eigenvalue weighted by Crippen LogP contribution is 2.38. The number of carbonyl (C=O) groups excluding carboxylic acids is 3. The van der Waals surface area contributed by atoms with Crippen molar-refractivity contribution in [2.45, 2.75) is 20.4 Å². The molecule has 1 heterocycles. The average Bonchev–Trinajstić information content (AvgIpc) is 3.08. The molecule has 1 saturated heterocycles. The third kappa shape index (κ3) is 5.76.